The second-order valence-corrected chi connectivity index (χ2v) is 3.80. The lowest BCUT2D eigenvalue weighted by Gasteiger charge is -2.18. The summed E-state index contributed by atoms with van der Waals surface area (Å²) in [6.45, 7) is 6.61. The standard InChI is InChI=1S/C6H11BrO2.C2H4O2/c1-6(2,3)9-5(8)4-7;1-2(3)4/h4H2,1-3H3;1H3,(H,3,4). The third-order valence-corrected chi connectivity index (χ3v) is 0.987. The molecule has 78 valence electrons. The molecule has 0 aromatic carbocycles. The zero-order valence-corrected chi connectivity index (χ0v) is 9.84. The molecule has 0 unspecified atom stereocenters. The molecule has 0 radical (unpaired) electrons. The maximum atomic E-state index is 10.6. The number of esters is 1. The molecule has 4 nitrogen and oxygen atoms in total. The van der Waals surface area contributed by atoms with E-state index in [-0.39, 0.29) is 16.9 Å². The summed E-state index contributed by atoms with van der Waals surface area (Å²) in [4.78, 5) is 19.6. The summed E-state index contributed by atoms with van der Waals surface area (Å²) in [6.07, 6.45) is 0. The second-order valence-electron chi connectivity index (χ2n) is 3.24. The van der Waals surface area contributed by atoms with Gasteiger partial charge in [0.15, 0.2) is 0 Å². The molecule has 0 aromatic rings. The SMILES string of the molecule is CC(=O)O.CC(C)(C)OC(=O)CBr. The van der Waals surface area contributed by atoms with Gasteiger partial charge in [-0.1, -0.05) is 15.9 Å². The molecule has 0 fully saturated rings. The van der Waals surface area contributed by atoms with Gasteiger partial charge in [0.2, 0.25) is 0 Å². The fourth-order valence-corrected chi connectivity index (χ4v) is 0.483. The first-order chi connectivity index (χ1) is 5.69. The van der Waals surface area contributed by atoms with E-state index in [4.69, 9.17) is 14.6 Å². The molecule has 0 atom stereocenters. The molecule has 0 spiro atoms. The van der Waals surface area contributed by atoms with Crippen molar-refractivity contribution in [2.75, 3.05) is 5.33 Å². The first kappa shape index (κ1) is 14.9. The number of rotatable bonds is 1. The Kier molecular flexibility index (Phi) is 7.90. The largest absolute Gasteiger partial charge is 0.481 e. The summed E-state index contributed by atoms with van der Waals surface area (Å²) in [6, 6.07) is 0. The Balaban J connectivity index is 0. The van der Waals surface area contributed by atoms with E-state index in [2.05, 4.69) is 15.9 Å². The van der Waals surface area contributed by atoms with Crippen LogP contribution in [0, 0.1) is 0 Å². The first-order valence-electron chi connectivity index (χ1n) is 3.66. The van der Waals surface area contributed by atoms with E-state index in [1.165, 1.54) is 0 Å². The van der Waals surface area contributed by atoms with E-state index in [1.807, 2.05) is 20.8 Å². The number of carbonyl (C=O) groups is 2. The number of carboxylic acid groups (broad SMARTS) is 1. The minimum Gasteiger partial charge on any atom is -0.481 e. The lowest BCUT2D eigenvalue weighted by Crippen LogP contribution is -2.24. The molecule has 0 aromatic heterocycles. The highest BCUT2D eigenvalue weighted by molar-refractivity contribution is 9.09. The van der Waals surface area contributed by atoms with Crippen molar-refractivity contribution in [1.29, 1.82) is 0 Å². The maximum Gasteiger partial charge on any atom is 0.317 e. The zero-order valence-electron chi connectivity index (χ0n) is 8.26. The van der Waals surface area contributed by atoms with Crippen molar-refractivity contribution < 1.29 is 19.4 Å². The summed E-state index contributed by atoms with van der Waals surface area (Å²) in [5.41, 5.74) is -0.356. The van der Waals surface area contributed by atoms with E-state index < -0.39 is 5.97 Å². The number of carbonyl (C=O) groups excluding carboxylic acids is 1. The maximum absolute atomic E-state index is 10.6. The number of hydrogen-bond donors (Lipinski definition) is 1. The Hall–Kier alpha value is -0.580. The normalized spacial score (nSPS) is 9.62. The van der Waals surface area contributed by atoms with Gasteiger partial charge >= 0.3 is 5.97 Å². The van der Waals surface area contributed by atoms with Gasteiger partial charge in [-0.25, -0.2) is 0 Å². The highest BCUT2D eigenvalue weighted by Gasteiger charge is 2.14. The van der Waals surface area contributed by atoms with Gasteiger partial charge in [0.25, 0.3) is 5.97 Å². The van der Waals surface area contributed by atoms with E-state index in [9.17, 15) is 4.79 Å². The van der Waals surface area contributed by atoms with Gasteiger partial charge in [0.05, 0.1) is 0 Å². The minimum atomic E-state index is -0.833. The van der Waals surface area contributed by atoms with Crippen molar-refractivity contribution in [2.24, 2.45) is 0 Å². The predicted octanol–water partition coefficient (Wildman–Crippen LogP) is 1.81. The van der Waals surface area contributed by atoms with Crippen LogP contribution in [-0.4, -0.2) is 28.0 Å². The molecule has 0 aliphatic heterocycles. The van der Waals surface area contributed by atoms with E-state index in [0.29, 0.717) is 0 Å². The summed E-state index contributed by atoms with van der Waals surface area (Å²) in [7, 11) is 0. The molecule has 0 aliphatic carbocycles. The topological polar surface area (TPSA) is 63.6 Å². The molecule has 0 saturated carbocycles. The Labute approximate surface area is 86.4 Å². The van der Waals surface area contributed by atoms with Gasteiger partial charge in [-0.2, -0.15) is 0 Å². The summed E-state index contributed by atoms with van der Waals surface area (Å²) in [5.74, 6) is -1.05. The molecule has 5 heteroatoms. The van der Waals surface area contributed by atoms with Gasteiger partial charge in [-0.15, -0.1) is 0 Å². The molecule has 13 heavy (non-hydrogen) atoms. The van der Waals surface area contributed by atoms with Crippen LogP contribution in [0.4, 0.5) is 0 Å². The van der Waals surface area contributed by atoms with Crippen molar-refractivity contribution in [2.45, 2.75) is 33.3 Å². The van der Waals surface area contributed by atoms with Crippen molar-refractivity contribution in [3.63, 3.8) is 0 Å². The van der Waals surface area contributed by atoms with Crippen molar-refractivity contribution >= 4 is 27.9 Å². The van der Waals surface area contributed by atoms with Gasteiger partial charge in [-0.3, -0.25) is 9.59 Å². The van der Waals surface area contributed by atoms with Crippen LogP contribution in [0.15, 0.2) is 0 Å². The molecular weight excluding hydrogens is 240 g/mol. The molecule has 0 rings (SSSR count). The number of hydrogen-bond acceptors (Lipinski definition) is 3. The summed E-state index contributed by atoms with van der Waals surface area (Å²) in [5, 5.41) is 7.68. The smallest absolute Gasteiger partial charge is 0.317 e. The number of ether oxygens (including phenoxy) is 1. The van der Waals surface area contributed by atoms with Crippen LogP contribution in [0.3, 0.4) is 0 Å². The van der Waals surface area contributed by atoms with E-state index in [0.717, 1.165) is 6.92 Å². The van der Waals surface area contributed by atoms with Gasteiger partial charge in [-0.05, 0) is 20.8 Å². The summed E-state index contributed by atoms with van der Waals surface area (Å²) < 4.78 is 4.90. The first-order valence-corrected chi connectivity index (χ1v) is 4.78. The average Bonchev–Trinajstić information content (AvgIpc) is 1.82. The number of halogens is 1. The Bertz CT molecular complexity index is 167. The Morgan fingerprint density at radius 3 is 1.77 bits per heavy atom. The minimum absolute atomic E-state index is 0.220. The number of carboxylic acids is 1. The third kappa shape index (κ3) is 24.6. The fourth-order valence-electron chi connectivity index (χ4n) is 0.369. The number of alkyl halides is 1. The van der Waals surface area contributed by atoms with Crippen molar-refractivity contribution in [3.05, 3.63) is 0 Å². The predicted molar refractivity (Wildman–Crippen MR) is 52.9 cm³/mol. The van der Waals surface area contributed by atoms with Crippen molar-refractivity contribution in [1.82, 2.24) is 0 Å². The molecule has 0 heterocycles. The van der Waals surface area contributed by atoms with Gasteiger partial charge < -0.3 is 9.84 Å². The Morgan fingerprint density at radius 2 is 1.69 bits per heavy atom. The second kappa shape index (κ2) is 6.88. The lowest BCUT2D eigenvalue weighted by molar-refractivity contribution is -0.151. The highest BCUT2D eigenvalue weighted by atomic mass is 79.9. The van der Waals surface area contributed by atoms with Crippen LogP contribution in [-0.2, 0) is 14.3 Å². The lowest BCUT2D eigenvalue weighted by atomic mass is 10.2. The van der Waals surface area contributed by atoms with Crippen molar-refractivity contribution in [3.8, 4) is 0 Å². The monoisotopic (exact) mass is 254 g/mol. The molecule has 0 bridgehead atoms. The van der Waals surface area contributed by atoms with Gasteiger partial charge in [0.1, 0.15) is 10.9 Å². The van der Waals surface area contributed by atoms with Crippen LogP contribution in [0.25, 0.3) is 0 Å². The van der Waals surface area contributed by atoms with Gasteiger partial charge in [0, 0.05) is 6.92 Å². The molecule has 0 saturated heterocycles. The van der Waals surface area contributed by atoms with Crippen LogP contribution < -0.4 is 0 Å². The van der Waals surface area contributed by atoms with E-state index >= 15 is 0 Å². The molecule has 0 aliphatic rings. The summed E-state index contributed by atoms with van der Waals surface area (Å²) >= 11 is 2.99. The van der Waals surface area contributed by atoms with Crippen LogP contribution in [0.1, 0.15) is 27.7 Å². The quantitative estimate of drug-likeness (QED) is 0.573. The molecular formula is C8H15BrO4. The third-order valence-electron chi connectivity index (χ3n) is 0.529. The zero-order chi connectivity index (χ0) is 11.1. The highest BCUT2D eigenvalue weighted by Crippen LogP contribution is 2.07. The van der Waals surface area contributed by atoms with Crippen LogP contribution in [0.2, 0.25) is 0 Å². The number of aliphatic carboxylic acids is 1. The van der Waals surface area contributed by atoms with E-state index in [1.54, 1.807) is 0 Å². The van der Waals surface area contributed by atoms with Crippen LogP contribution in [0.5, 0.6) is 0 Å². The molecule has 0 amide bonds. The average molecular weight is 255 g/mol. The Morgan fingerprint density at radius 1 is 1.38 bits per heavy atom. The van der Waals surface area contributed by atoms with Crippen LogP contribution >= 0.6 is 15.9 Å². The molecule has 1 N–H and O–H groups in total. The fraction of sp³-hybridized carbons (Fsp3) is 0.750.